The number of nitrogens with zero attached hydrogens (tertiary/aromatic N) is 3. The Balaban J connectivity index is 1.60. The Kier molecular flexibility index (Phi) is 4.07. The minimum absolute atomic E-state index is 0.0380. The van der Waals surface area contributed by atoms with Gasteiger partial charge in [0.1, 0.15) is 11.6 Å². The highest BCUT2D eigenvalue weighted by Crippen LogP contribution is 2.25. The molecule has 0 saturated carbocycles. The number of benzene rings is 1. The van der Waals surface area contributed by atoms with Gasteiger partial charge in [0.05, 0.1) is 25.4 Å². The normalized spacial score (nSPS) is 17.6. The molecule has 1 fully saturated rings. The van der Waals surface area contributed by atoms with Crippen LogP contribution in [0.1, 0.15) is 5.56 Å². The highest BCUT2D eigenvalue weighted by atomic mass is 32.2. The van der Waals surface area contributed by atoms with Gasteiger partial charge < -0.3 is 15.2 Å². The molecule has 1 aliphatic rings. The minimum Gasteiger partial charge on any atom is -0.447 e. The molecular formula is C13H14N4O3S. The first kappa shape index (κ1) is 13.9. The molecule has 8 heteroatoms. The summed E-state index contributed by atoms with van der Waals surface area (Å²) in [5.41, 5.74) is 0.875. The summed E-state index contributed by atoms with van der Waals surface area (Å²) in [4.78, 5) is 12.0. The maximum absolute atomic E-state index is 10.9. The molecule has 1 atom stereocenters. The number of aromatic nitrogens is 3. The van der Waals surface area contributed by atoms with E-state index in [1.165, 1.54) is 11.8 Å². The molecule has 110 valence electrons. The Bertz CT molecular complexity index is 629. The summed E-state index contributed by atoms with van der Waals surface area (Å²) < 4.78 is 6.51. The molecule has 2 heterocycles. The van der Waals surface area contributed by atoms with E-state index in [2.05, 4.69) is 15.6 Å². The second kappa shape index (κ2) is 6.15. The number of carbonyl (C=O) groups excluding carboxylic acids is 1. The fraction of sp³-hybridized carbons (Fsp3) is 0.308. The van der Waals surface area contributed by atoms with Crippen molar-refractivity contribution in [1.29, 1.82) is 0 Å². The molecule has 0 radical (unpaired) electrons. The number of cyclic esters (lactones) is 1. The van der Waals surface area contributed by atoms with E-state index in [1.54, 1.807) is 4.68 Å². The van der Waals surface area contributed by atoms with Crippen molar-refractivity contribution in [3.8, 4) is 0 Å². The molecule has 1 aliphatic heterocycles. The van der Waals surface area contributed by atoms with Crippen LogP contribution in [0.25, 0.3) is 0 Å². The van der Waals surface area contributed by atoms with Crippen LogP contribution in [-0.2, 0) is 17.9 Å². The first-order valence-corrected chi connectivity index (χ1v) is 7.25. The molecule has 1 aromatic carbocycles. The van der Waals surface area contributed by atoms with E-state index in [1.807, 2.05) is 30.5 Å². The number of ether oxygens (including phenoxy) is 1. The monoisotopic (exact) mass is 306 g/mol. The average Bonchev–Trinajstić information content (AvgIpc) is 3.09. The molecule has 21 heavy (non-hydrogen) atoms. The second-order valence-electron chi connectivity index (χ2n) is 4.62. The number of hydrogen-bond acceptors (Lipinski definition) is 6. The molecule has 2 aromatic rings. The van der Waals surface area contributed by atoms with Gasteiger partial charge in [0.2, 0.25) is 0 Å². The van der Waals surface area contributed by atoms with Crippen molar-refractivity contribution in [1.82, 2.24) is 20.3 Å². The third kappa shape index (κ3) is 3.53. The number of carbonyl (C=O) groups is 1. The third-order valence-electron chi connectivity index (χ3n) is 2.99. The molecule has 1 saturated heterocycles. The zero-order chi connectivity index (χ0) is 14.7. The zero-order valence-corrected chi connectivity index (χ0v) is 11.9. The van der Waals surface area contributed by atoms with E-state index in [0.29, 0.717) is 13.2 Å². The molecule has 7 nitrogen and oxygen atoms in total. The lowest BCUT2D eigenvalue weighted by molar-refractivity contribution is 0.176. The van der Waals surface area contributed by atoms with Crippen LogP contribution >= 0.6 is 11.8 Å². The lowest BCUT2D eigenvalue weighted by Gasteiger charge is -2.05. The van der Waals surface area contributed by atoms with Gasteiger partial charge in [-0.1, -0.05) is 29.1 Å². The second-order valence-corrected chi connectivity index (χ2v) is 5.72. The number of aliphatic hydroxyl groups excluding tert-OH is 1. The highest BCUT2D eigenvalue weighted by molar-refractivity contribution is 7.99. The maximum Gasteiger partial charge on any atom is 0.407 e. The summed E-state index contributed by atoms with van der Waals surface area (Å²) in [5, 5.41) is 20.6. The highest BCUT2D eigenvalue weighted by Gasteiger charge is 2.22. The van der Waals surface area contributed by atoms with Crippen molar-refractivity contribution >= 4 is 17.9 Å². The van der Waals surface area contributed by atoms with Crippen LogP contribution in [0, 0.1) is 0 Å². The Hall–Kier alpha value is -2.06. The number of amides is 1. The maximum atomic E-state index is 10.9. The molecular weight excluding hydrogens is 292 g/mol. The molecule has 0 aliphatic carbocycles. The Morgan fingerprint density at radius 3 is 2.90 bits per heavy atom. The van der Waals surface area contributed by atoms with Crippen molar-refractivity contribution in [3.63, 3.8) is 0 Å². The van der Waals surface area contributed by atoms with Crippen molar-refractivity contribution < 1.29 is 14.6 Å². The van der Waals surface area contributed by atoms with E-state index in [9.17, 15) is 4.79 Å². The quantitative estimate of drug-likeness (QED) is 0.857. The van der Waals surface area contributed by atoms with Crippen LogP contribution in [0.15, 0.2) is 40.4 Å². The van der Waals surface area contributed by atoms with Crippen LogP contribution in [0.4, 0.5) is 4.79 Å². The van der Waals surface area contributed by atoms with Crippen molar-refractivity contribution in [2.45, 2.75) is 29.1 Å². The number of aliphatic hydroxyl groups is 1. The first-order valence-electron chi connectivity index (χ1n) is 6.44. The van der Waals surface area contributed by atoms with Crippen LogP contribution in [0.2, 0.25) is 0 Å². The van der Waals surface area contributed by atoms with Gasteiger partial charge >= 0.3 is 6.09 Å². The van der Waals surface area contributed by atoms with Crippen molar-refractivity contribution in [2.24, 2.45) is 0 Å². The molecule has 0 spiro atoms. The Labute approximate surface area is 125 Å². The van der Waals surface area contributed by atoms with Gasteiger partial charge in [-0.2, -0.15) is 0 Å². The van der Waals surface area contributed by atoms with Crippen molar-refractivity contribution in [2.75, 3.05) is 6.61 Å². The SMILES string of the molecule is O=C1NC(Cn2cc(Sc3ccc(CO)cc3)nn2)CO1. The number of rotatable bonds is 5. The third-order valence-corrected chi connectivity index (χ3v) is 3.90. The molecule has 1 unspecified atom stereocenters. The molecule has 1 aromatic heterocycles. The van der Waals surface area contributed by atoms with Crippen LogP contribution in [0.5, 0.6) is 0 Å². The fourth-order valence-corrected chi connectivity index (χ4v) is 2.72. The number of hydrogen-bond donors (Lipinski definition) is 2. The number of alkyl carbamates (subject to hydrolysis) is 1. The van der Waals surface area contributed by atoms with E-state index in [4.69, 9.17) is 9.84 Å². The standard InChI is InChI=1S/C13H14N4O3S/c18-7-9-1-3-11(4-2-9)21-12-6-17(16-15-12)5-10-8-20-13(19)14-10/h1-4,6,10,18H,5,7-8H2,(H,14,19). The predicted molar refractivity (Wildman–Crippen MR) is 74.8 cm³/mol. The smallest absolute Gasteiger partial charge is 0.407 e. The Morgan fingerprint density at radius 1 is 1.43 bits per heavy atom. The lowest BCUT2D eigenvalue weighted by Crippen LogP contribution is -2.30. The largest absolute Gasteiger partial charge is 0.447 e. The van der Waals surface area contributed by atoms with Crippen molar-refractivity contribution in [3.05, 3.63) is 36.0 Å². The van der Waals surface area contributed by atoms with Gasteiger partial charge in [-0.25, -0.2) is 9.48 Å². The molecule has 0 bridgehead atoms. The van der Waals surface area contributed by atoms with Crippen LogP contribution < -0.4 is 5.32 Å². The summed E-state index contributed by atoms with van der Waals surface area (Å²) in [5.74, 6) is 0. The fourth-order valence-electron chi connectivity index (χ4n) is 1.95. The van der Waals surface area contributed by atoms with Gasteiger partial charge in [-0.15, -0.1) is 5.10 Å². The van der Waals surface area contributed by atoms with Gasteiger partial charge in [-0.05, 0) is 17.7 Å². The van der Waals surface area contributed by atoms with E-state index in [-0.39, 0.29) is 12.6 Å². The average molecular weight is 306 g/mol. The van der Waals surface area contributed by atoms with E-state index in [0.717, 1.165) is 15.5 Å². The zero-order valence-electron chi connectivity index (χ0n) is 11.1. The summed E-state index contributed by atoms with van der Waals surface area (Å²) in [7, 11) is 0. The predicted octanol–water partition coefficient (Wildman–Crippen LogP) is 1.03. The van der Waals surface area contributed by atoms with Gasteiger partial charge in [0.15, 0.2) is 0 Å². The summed E-state index contributed by atoms with van der Waals surface area (Å²) in [6.07, 6.45) is 1.44. The topological polar surface area (TPSA) is 89.3 Å². The molecule has 1 amide bonds. The first-order chi connectivity index (χ1) is 10.2. The summed E-state index contributed by atoms with van der Waals surface area (Å²) in [6, 6.07) is 7.54. The Morgan fingerprint density at radius 2 is 2.24 bits per heavy atom. The summed E-state index contributed by atoms with van der Waals surface area (Å²) >= 11 is 1.49. The summed E-state index contributed by atoms with van der Waals surface area (Å²) in [6.45, 7) is 0.919. The lowest BCUT2D eigenvalue weighted by atomic mass is 10.2. The van der Waals surface area contributed by atoms with E-state index >= 15 is 0 Å². The van der Waals surface area contributed by atoms with Gasteiger partial charge in [0, 0.05) is 4.90 Å². The number of nitrogens with one attached hydrogen (secondary N) is 1. The minimum atomic E-state index is -0.390. The van der Waals surface area contributed by atoms with Gasteiger partial charge in [-0.3, -0.25) is 0 Å². The van der Waals surface area contributed by atoms with Gasteiger partial charge in [0.25, 0.3) is 0 Å². The molecule has 3 rings (SSSR count). The van der Waals surface area contributed by atoms with E-state index < -0.39 is 6.09 Å². The van der Waals surface area contributed by atoms with Crippen LogP contribution in [0.3, 0.4) is 0 Å². The van der Waals surface area contributed by atoms with Crippen LogP contribution in [-0.4, -0.2) is 38.8 Å². The molecule has 2 N–H and O–H groups in total.